The van der Waals surface area contributed by atoms with E-state index in [1.807, 2.05) is 24.3 Å². The molecule has 2 aromatic rings. The van der Waals surface area contributed by atoms with Crippen LogP contribution in [0.4, 0.5) is 0 Å². The van der Waals surface area contributed by atoms with Crippen molar-refractivity contribution in [3.63, 3.8) is 0 Å². The minimum Gasteiger partial charge on any atom is -0.419 e. The topological polar surface area (TPSA) is 51.0 Å². The molecule has 2 rings (SSSR count). The maximum Gasteiger partial charge on any atom is 0.247 e. The van der Waals surface area contributed by atoms with Crippen LogP contribution in [-0.2, 0) is 6.54 Å². The number of rotatable bonds is 5. The third kappa shape index (κ3) is 3.17. The van der Waals surface area contributed by atoms with E-state index in [1.54, 1.807) is 0 Å². The van der Waals surface area contributed by atoms with Gasteiger partial charge in [0.2, 0.25) is 11.8 Å². The summed E-state index contributed by atoms with van der Waals surface area (Å²) in [5, 5.41) is 11.4. The SMILES string of the molecule is CCC(C)NCc1nnc(-c2ccc(C)cc2)o1. The van der Waals surface area contributed by atoms with Crippen molar-refractivity contribution in [3.05, 3.63) is 35.7 Å². The van der Waals surface area contributed by atoms with Crippen molar-refractivity contribution < 1.29 is 4.42 Å². The second-order valence-corrected chi connectivity index (χ2v) is 4.56. The van der Waals surface area contributed by atoms with Crippen molar-refractivity contribution in [1.29, 1.82) is 0 Å². The van der Waals surface area contributed by atoms with Crippen molar-refractivity contribution in [3.8, 4) is 11.5 Å². The summed E-state index contributed by atoms with van der Waals surface area (Å²) < 4.78 is 5.62. The number of hydrogen-bond donors (Lipinski definition) is 1. The zero-order chi connectivity index (χ0) is 13.0. The molecule has 1 unspecified atom stereocenters. The van der Waals surface area contributed by atoms with Crippen LogP contribution in [0.1, 0.15) is 31.7 Å². The largest absolute Gasteiger partial charge is 0.419 e. The van der Waals surface area contributed by atoms with Gasteiger partial charge >= 0.3 is 0 Å². The van der Waals surface area contributed by atoms with Crippen molar-refractivity contribution in [2.24, 2.45) is 0 Å². The van der Waals surface area contributed by atoms with E-state index in [0.29, 0.717) is 24.4 Å². The van der Waals surface area contributed by atoms with Crippen molar-refractivity contribution in [2.75, 3.05) is 0 Å². The van der Waals surface area contributed by atoms with E-state index in [1.165, 1.54) is 5.56 Å². The van der Waals surface area contributed by atoms with Gasteiger partial charge in [-0.2, -0.15) is 0 Å². The molecule has 0 amide bonds. The lowest BCUT2D eigenvalue weighted by atomic mass is 10.1. The standard InChI is InChI=1S/C14H19N3O/c1-4-11(3)15-9-13-16-17-14(18-13)12-7-5-10(2)6-8-12/h5-8,11,15H,4,9H2,1-3H3. The first-order valence-corrected chi connectivity index (χ1v) is 6.32. The van der Waals surface area contributed by atoms with Gasteiger partial charge in [0, 0.05) is 11.6 Å². The Bertz CT molecular complexity index is 490. The lowest BCUT2D eigenvalue weighted by Crippen LogP contribution is -2.24. The number of aromatic nitrogens is 2. The van der Waals surface area contributed by atoms with Gasteiger partial charge in [-0.1, -0.05) is 24.6 Å². The van der Waals surface area contributed by atoms with E-state index in [-0.39, 0.29) is 0 Å². The molecule has 1 atom stereocenters. The first kappa shape index (κ1) is 12.8. The minimum atomic E-state index is 0.458. The highest BCUT2D eigenvalue weighted by Crippen LogP contribution is 2.18. The van der Waals surface area contributed by atoms with Crippen LogP contribution in [0.5, 0.6) is 0 Å². The second kappa shape index (κ2) is 5.78. The predicted molar refractivity (Wildman–Crippen MR) is 71.1 cm³/mol. The highest BCUT2D eigenvalue weighted by Gasteiger charge is 2.08. The zero-order valence-corrected chi connectivity index (χ0v) is 11.1. The fourth-order valence-electron chi connectivity index (χ4n) is 1.54. The summed E-state index contributed by atoms with van der Waals surface area (Å²) in [7, 11) is 0. The fraction of sp³-hybridized carbons (Fsp3) is 0.429. The quantitative estimate of drug-likeness (QED) is 0.880. The molecule has 18 heavy (non-hydrogen) atoms. The lowest BCUT2D eigenvalue weighted by molar-refractivity contribution is 0.444. The average molecular weight is 245 g/mol. The minimum absolute atomic E-state index is 0.458. The number of nitrogens with one attached hydrogen (secondary N) is 1. The third-order valence-electron chi connectivity index (χ3n) is 2.98. The van der Waals surface area contributed by atoms with Gasteiger partial charge < -0.3 is 9.73 Å². The van der Waals surface area contributed by atoms with Gasteiger partial charge in [0.1, 0.15) is 0 Å². The van der Waals surface area contributed by atoms with Crippen LogP contribution in [0.3, 0.4) is 0 Å². The van der Waals surface area contributed by atoms with Crippen molar-refractivity contribution >= 4 is 0 Å². The van der Waals surface area contributed by atoms with Crippen LogP contribution in [-0.4, -0.2) is 16.2 Å². The highest BCUT2D eigenvalue weighted by molar-refractivity contribution is 5.52. The molecule has 0 aliphatic heterocycles. The number of aryl methyl sites for hydroxylation is 1. The molecule has 0 spiro atoms. The van der Waals surface area contributed by atoms with Crippen molar-refractivity contribution in [1.82, 2.24) is 15.5 Å². The maximum atomic E-state index is 5.62. The molecular weight excluding hydrogens is 226 g/mol. The summed E-state index contributed by atoms with van der Waals surface area (Å²) in [4.78, 5) is 0. The van der Waals surface area contributed by atoms with E-state index < -0.39 is 0 Å². The molecule has 0 aliphatic rings. The molecule has 96 valence electrons. The monoisotopic (exact) mass is 245 g/mol. The summed E-state index contributed by atoms with van der Waals surface area (Å²) in [5.74, 6) is 1.21. The van der Waals surface area contributed by atoms with Gasteiger partial charge in [-0.25, -0.2) is 0 Å². The van der Waals surface area contributed by atoms with Crippen LogP contribution >= 0.6 is 0 Å². The van der Waals surface area contributed by atoms with E-state index in [2.05, 4.69) is 36.3 Å². The van der Waals surface area contributed by atoms with E-state index in [9.17, 15) is 0 Å². The molecule has 0 saturated heterocycles. The smallest absolute Gasteiger partial charge is 0.247 e. The Balaban J connectivity index is 2.03. The summed E-state index contributed by atoms with van der Waals surface area (Å²) in [6.07, 6.45) is 1.08. The molecule has 0 radical (unpaired) electrons. The fourth-order valence-corrected chi connectivity index (χ4v) is 1.54. The second-order valence-electron chi connectivity index (χ2n) is 4.56. The van der Waals surface area contributed by atoms with E-state index in [0.717, 1.165) is 12.0 Å². The van der Waals surface area contributed by atoms with Gasteiger partial charge in [-0.05, 0) is 32.4 Å². The molecule has 4 nitrogen and oxygen atoms in total. The van der Waals surface area contributed by atoms with Gasteiger partial charge in [0.25, 0.3) is 0 Å². The normalized spacial score (nSPS) is 12.6. The van der Waals surface area contributed by atoms with Gasteiger partial charge in [0.15, 0.2) is 0 Å². The Hall–Kier alpha value is -1.68. The van der Waals surface area contributed by atoms with Gasteiger partial charge in [-0.3, -0.25) is 0 Å². The lowest BCUT2D eigenvalue weighted by Gasteiger charge is -2.07. The molecule has 1 aromatic heterocycles. The van der Waals surface area contributed by atoms with Gasteiger partial charge in [-0.15, -0.1) is 10.2 Å². The Morgan fingerprint density at radius 2 is 1.94 bits per heavy atom. The summed E-state index contributed by atoms with van der Waals surface area (Å²) in [5.41, 5.74) is 2.18. The average Bonchev–Trinajstić information content (AvgIpc) is 2.85. The number of nitrogens with zero attached hydrogens (tertiary/aromatic N) is 2. The maximum absolute atomic E-state index is 5.62. The molecule has 0 fully saturated rings. The molecule has 1 aromatic carbocycles. The third-order valence-corrected chi connectivity index (χ3v) is 2.98. The van der Waals surface area contributed by atoms with E-state index >= 15 is 0 Å². The zero-order valence-electron chi connectivity index (χ0n) is 11.1. The van der Waals surface area contributed by atoms with Crippen LogP contribution in [0.15, 0.2) is 28.7 Å². The molecule has 0 aliphatic carbocycles. The van der Waals surface area contributed by atoms with Crippen LogP contribution in [0, 0.1) is 6.92 Å². The Morgan fingerprint density at radius 1 is 1.22 bits per heavy atom. The van der Waals surface area contributed by atoms with Gasteiger partial charge in [0.05, 0.1) is 6.54 Å². The number of benzene rings is 1. The molecule has 0 bridgehead atoms. The van der Waals surface area contributed by atoms with E-state index in [4.69, 9.17) is 4.42 Å². The molecule has 1 N–H and O–H groups in total. The molecular formula is C14H19N3O. The number of hydrogen-bond acceptors (Lipinski definition) is 4. The summed E-state index contributed by atoms with van der Waals surface area (Å²) in [6, 6.07) is 8.52. The molecule has 4 heteroatoms. The first-order valence-electron chi connectivity index (χ1n) is 6.32. The molecule has 1 heterocycles. The first-order chi connectivity index (χ1) is 8.69. The Kier molecular flexibility index (Phi) is 4.10. The predicted octanol–water partition coefficient (Wildman–Crippen LogP) is 2.93. The summed E-state index contributed by atoms with van der Waals surface area (Å²) in [6.45, 7) is 6.95. The highest BCUT2D eigenvalue weighted by atomic mass is 16.4. The Morgan fingerprint density at radius 3 is 2.61 bits per heavy atom. The van der Waals surface area contributed by atoms with Crippen LogP contribution in [0.25, 0.3) is 11.5 Å². The van der Waals surface area contributed by atoms with Crippen LogP contribution in [0.2, 0.25) is 0 Å². The summed E-state index contributed by atoms with van der Waals surface area (Å²) >= 11 is 0. The van der Waals surface area contributed by atoms with Crippen molar-refractivity contribution in [2.45, 2.75) is 39.8 Å². The van der Waals surface area contributed by atoms with Crippen LogP contribution < -0.4 is 5.32 Å². The molecule has 0 saturated carbocycles. The Labute approximate surface area is 107 Å².